The highest BCUT2D eigenvalue weighted by Gasteiger charge is 1.99. The Hall–Kier alpha value is -1.64. The van der Waals surface area contributed by atoms with Crippen molar-refractivity contribution in [2.24, 2.45) is 0 Å². The van der Waals surface area contributed by atoms with Crippen molar-refractivity contribution in [3.05, 3.63) is 30.5 Å². The topological polar surface area (TPSA) is 37.8 Å². The van der Waals surface area contributed by atoms with Gasteiger partial charge >= 0.3 is 0 Å². The molecule has 2 aromatic rings. The van der Waals surface area contributed by atoms with E-state index in [0.717, 1.165) is 29.6 Å². The maximum atomic E-state index is 4.06. The van der Waals surface area contributed by atoms with E-state index in [0.29, 0.717) is 0 Å². The van der Waals surface area contributed by atoms with Crippen molar-refractivity contribution in [1.29, 1.82) is 0 Å². The molecular formula is C11H13N3. The first-order chi connectivity index (χ1) is 6.92. The van der Waals surface area contributed by atoms with Gasteiger partial charge in [0.25, 0.3) is 0 Å². The second-order valence-electron chi connectivity index (χ2n) is 3.20. The van der Waals surface area contributed by atoms with Crippen LogP contribution in [0.3, 0.4) is 0 Å². The van der Waals surface area contributed by atoms with E-state index in [1.165, 1.54) is 0 Å². The van der Waals surface area contributed by atoms with Crippen LogP contribution in [0, 0.1) is 0 Å². The maximum absolute atomic E-state index is 4.06. The molecule has 0 aliphatic rings. The minimum Gasteiger partial charge on any atom is -0.383 e. The molecule has 0 spiro atoms. The summed E-state index contributed by atoms with van der Waals surface area (Å²) in [4.78, 5) is 0. The Morgan fingerprint density at radius 1 is 1.29 bits per heavy atom. The lowest BCUT2D eigenvalue weighted by atomic mass is 10.2. The first-order valence-corrected chi connectivity index (χ1v) is 4.86. The van der Waals surface area contributed by atoms with Gasteiger partial charge in [-0.25, -0.2) is 0 Å². The summed E-state index contributed by atoms with van der Waals surface area (Å²) in [5.41, 5.74) is 2.01. The van der Waals surface area contributed by atoms with Gasteiger partial charge in [-0.1, -0.05) is 25.1 Å². The molecule has 0 amide bonds. The normalized spacial score (nSPS) is 10.4. The molecule has 0 bridgehead atoms. The molecule has 0 atom stereocenters. The lowest BCUT2D eigenvalue weighted by Gasteiger charge is -2.06. The fraction of sp³-hybridized carbons (Fsp3) is 0.273. The number of fused-ring (bicyclic) bond motifs is 1. The number of hydrogen-bond donors (Lipinski definition) is 1. The van der Waals surface area contributed by atoms with Gasteiger partial charge < -0.3 is 5.32 Å². The van der Waals surface area contributed by atoms with Crippen molar-refractivity contribution >= 4 is 16.6 Å². The van der Waals surface area contributed by atoms with E-state index >= 15 is 0 Å². The van der Waals surface area contributed by atoms with E-state index < -0.39 is 0 Å². The summed E-state index contributed by atoms with van der Waals surface area (Å²) in [5.74, 6) is 0. The SMILES string of the molecule is CCCNc1cnnc2ccccc12. The highest BCUT2D eigenvalue weighted by atomic mass is 15.1. The van der Waals surface area contributed by atoms with Crippen LogP contribution in [0.2, 0.25) is 0 Å². The van der Waals surface area contributed by atoms with Gasteiger partial charge in [0, 0.05) is 11.9 Å². The molecule has 2 rings (SSSR count). The molecule has 0 aliphatic heterocycles. The second kappa shape index (κ2) is 4.05. The first-order valence-electron chi connectivity index (χ1n) is 4.86. The number of rotatable bonds is 3. The minimum atomic E-state index is 0.939. The van der Waals surface area contributed by atoms with Gasteiger partial charge in [0.05, 0.1) is 17.4 Å². The fourth-order valence-corrected chi connectivity index (χ4v) is 1.41. The number of hydrogen-bond acceptors (Lipinski definition) is 3. The molecule has 3 heteroatoms. The maximum Gasteiger partial charge on any atom is 0.0950 e. The summed E-state index contributed by atoms with van der Waals surface area (Å²) in [6.07, 6.45) is 2.88. The third-order valence-corrected chi connectivity index (χ3v) is 2.11. The van der Waals surface area contributed by atoms with Gasteiger partial charge in [-0.15, -0.1) is 0 Å². The van der Waals surface area contributed by atoms with E-state index in [1.807, 2.05) is 18.2 Å². The van der Waals surface area contributed by atoms with E-state index in [-0.39, 0.29) is 0 Å². The van der Waals surface area contributed by atoms with Gasteiger partial charge in [-0.2, -0.15) is 10.2 Å². The quantitative estimate of drug-likeness (QED) is 0.802. The summed E-state index contributed by atoms with van der Waals surface area (Å²) in [7, 11) is 0. The van der Waals surface area contributed by atoms with Crippen LogP contribution in [-0.4, -0.2) is 16.7 Å². The van der Waals surface area contributed by atoms with Crippen molar-refractivity contribution < 1.29 is 0 Å². The average molecular weight is 187 g/mol. The zero-order valence-corrected chi connectivity index (χ0v) is 8.20. The molecule has 72 valence electrons. The molecule has 0 fully saturated rings. The Morgan fingerprint density at radius 3 is 3.00 bits per heavy atom. The summed E-state index contributed by atoms with van der Waals surface area (Å²) in [6.45, 7) is 3.11. The Labute approximate surface area is 83.2 Å². The van der Waals surface area contributed by atoms with Crippen molar-refractivity contribution in [2.75, 3.05) is 11.9 Å². The lowest BCUT2D eigenvalue weighted by Crippen LogP contribution is -2.01. The first kappa shape index (κ1) is 8.94. The molecule has 1 aromatic heterocycles. The molecule has 1 N–H and O–H groups in total. The van der Waals surface area contributed by atoms with E-state index in [1.54, 1.807) is 6.20 Å². The summed E-state index contributed by atoms with van der Waals surface area (Å²) in [5, 5.41) is 12.5. The van der Waals surface area contributed by atoms with Crippen LogP contribution >= 0.6 is 0 Å². The Morgan fingerprint density at radius 2 is 2.14 bits per heavy atom. The predicted molar refractivity (Wildman–Crippen MR) is 58.3 cm³/mol. The standard InChI is InChI=1S/C11H13N3/c1-2-7-12-11-8-13-14-10-6-4-3-5-9(10)11/h3-6,8H,2,7H2,1H3,(H,12,14). The van der Waals surface area contributed by atoms with Crippen LogP contribution in [-0.2, 0) is 0 Å². The molecule has 1 heterocycles. The van der Waals surface area contributed by atoms with Crippen LogP contribution in [0.5, 0.6) is 0 Å². The van der Waals surface area contributed by atoms with Crippen LogP contribution in [0.1, 0.15) is 13.3 Å². The second-order valence-corrected chi connectivity index (χ2v) is 3.20. The van der Waals surface area contributed by atoms with Crippen molar-refractivity contribution in [1.82, 2.24) is 10.2 Å². The Bertz CT molecular complexity index is 420. The van der Waals surface area contributed by atoms with E-state index in [2.05, 4.69) is 28.5 Å². The molecule has 0 aliphatic carbocycles. The molecule has 0 radical (unpaired) electrons. The monoisotopic (exact) mass is 187 g/mol. The van der Waals surface area contributed by atoms with E-state index in [9.17, 15) is 0 Å². The molecular weight excluding hydrogens is 174 g/mol. The van der Waals surface area contributed by atoms with Gasteiger partial charge in [0.2, 0.25) is 0 Å². The zero-order chi connectivity index (χ0) is 9.80. The predicted octanol–water partition coefficient (Wildman–Crippen LogP) is 2.45. The number of benzene rings is 1. The zero-order valence-electron chi connectivity index (χ0n) is 8.20. The highest BCUT2D eigenvalue weighted by molar-refractivity contribution is 5.90. The minimum absolute atomic E-state index is 0.939. The van der Waals surface area contributed by atoms with Crippen molar-refractivity contribution in [2.45, 2.75) is 13.3 Å². The molecule has 0 saturated heterocycles. The van der Waals surface area contributed by atoms with Crippen molar-refractivity contribution in [3.8, 4) is 0 Å². The summed E-state index contributed by atoms with van der Waals surface area (Å²) >= 11 is 0. The number of nitrogens with one attached hydrogen (secondary N) is 1. The van der Waals surface area contributed by atoms with Crippen molar-refractivity contribution in [3.63, 3.8) is 0 Å². The molecule has 0 unspecified atom stereocenters. The van der Waals surface area contributed by atoms with Crippen LogP contribution in [0.4, 0.5) is 5.69 Å². The van der Waals surface area contributed by atoms with Gasteiger partial charge in [-0.3, -0.25) is 0 Å². The third-order valence-electron chi connectivity index (χ3n) is 2.11. The van der Waals surface area contributed by atoms with Crippen LogP contribution in [0.15, 0.2) is 30.5 Å². The third kappa shape index (κ3) is 1.66. The highest BCUT2D eigenvalue weighted by Crippen LogP contribution is 2.19. The number of anilines is 1. The largest absolute Gasteiger partial charge is 0.383 e. The molecule has 0 saturated carbocycles. The van der Waals surface area contributed by atoms with Gasteiger partial charge in [-0.05, 0) is 12.5 Å². The Balaban J connectivity index is 2.43. The lowest BCUT2D eigenvalue weighted by molar-refractivity contribution is 0.974. The summed E-state index contributed by atoms with van der Waals surface area (Å²) in [6, 6.07) is 8.02. The van der Waals surface area contributed by atoms with Gasteiger partial charge in [0.1, 0.15) is 0 Å². The summed E-state index contributed by atoms with van der Waals surface area (Å²) < 4.78 is 0. The Kier molecular flexibility index (Phi) is 2.58. The van der Waals surface area contributed by atoms with Crippen LogP contribution < -0.4 is 5.32 Å². The number of aromatic nitrogens is 2. The van der Waals surface area contributed by atoms with Gasteiger partial charge in [0.15, 0.2) is 0 Å². The molecule has 1 aromatic carbocycles. The molecule has 14 heavy (non-hydrogen) atoms. The fourth-order valence-electron chi connectivity index (χ4n) is 1.41. The van der Waals surface area contributed by atoms with Crippen LogP contribution in [0.25, 0.3) is 10.9 Å². The number of nitrogens with zero attached hydrogens (tertiary/aromatic N) is 2. The molecule has 3 nitrogen and oxygen atoms in total. The van der Waals surface area contributed by atoms with E-state index in [4.69, 9.17) is 0 Å². The smallest absolute Gasteiger partial charge is 0.0950 e. The average Bonchev–Trinajstić information content (AvgIpc) is 2.26.